The second-order valence-corrected chi connectivity index (χ2v) is 5.08. The van der Waals surface area contributed by atoms with Crippen LogP contribution >= 0.6 is 23.2 Å². The van der Waals surface area contributed by atoms with Gasteiger partial charge in [-0.15, -0.1) is 0 Å². The molecule has 2 bridgehead atoms. The van der Waals surface area contributed by atoms with Crippen molar-refractivity contribution in [3.63, 3.8) is 0 Å². The van der Waals surface area contributed by atoms with Crippen LogP contribution in [0.1, 0.15) is 12.8 Å². The van der Waals surface area contributed by atoms with Gasteiger partial charge in [0.25, 0.3) is 0 Å². The van der Waals surface area contributed by atoms with E-state index in [1.54, 1.807) is 0 Å². The van der Waals surface area contributed by atoms with Crippen molar-refractivity contribution < 1.29 is 14.3 Å². The smallest absolute Gasteiger partial charge is 0.228 e. The van der Waals surface area contributed by atoms with Gasteiger partial charge in [0, 0.05) is 7.11 Å². The molecular formula is C11H12Cl2O3. The molecule has 3 rings (SSSR count). The molecule has 4 atom stereocenters. The lowest BCUT2D eigenvalue weighted by atomic mass is 9.60. The van der Waals surface area contributed by atoms with Crippen LogP contribution in [-0.2, 0) is 14.3 Å². The minimum Gasteiger partial charge on any atom is -0.373 e. The summed E-state index contributed by atoms with van der Waals surface area (Å²) in [5, 5.41) is -1.05. The quantitative estimate of drug-likeness (QED) is 0.578. The Labute approximate surface area is 104 Å². The summed E-state index contributed by atoms with van der Waals surface area (Å²) in [5.41, 5.74) is -0.747. The maximum Gasteiger partial charge on any atom is 0.228 e. The molecule has 3 aliphatic carbocycles. The Hall–Kier alpha value is -0.380. The average Bonchev–Trinajstić information content (AvgIpc) is 2.28. The first kappa shape index (κ1) is 12.1. The number of allylic oxidation sites excluding steroid dienone is 1. The minimum atomic E-state index is -0.747. The number of ether oxygens (including phenoxy) is 1. The van der Waals surface area contributed by atoms with Crippen LogP contribution in [0.2, 0.25) is 0 Å². The Kier molecular flexibility index (Phi) is 3.12. The number of hydrogen-bond donors (Lipinski definition) is 0. The van der Waals surface area contributed by atoms with Crippen molar-refractivity contribution in [1.29, 1.82) is 0 Å². The van der Waals surface area contributed by atoms with Crippen molar-refractivity contribution in [2.24, 2.45) is 17.8 Å². The van der Waals surface area contributed by atoms with Crippen LogP contribution in [0.3, 0.4) is 0 Å². The van der Waals surface area contributed by atoms with Crippen LogP contribution in [0.15, 0.2) is 12.2 Å². The monoisotopic (exact) mass is 262 g/mol. The predicted molar refractivity (Wildman–Crippen MR) is 60.3 cm³/mol. The van der Waals surface area contributed by atoms with E-state index in [4.69, 9.17) is 27.9 Å². The molecule has 5 heteroatoms. The first-order valence-corrected chi connectivity index (χ1v) is 5.90. The fourth-order valence-electron chi connectivity index (χ4n) is 2.90. The van der Waals surface area contributed by atoms with E-state index in [0.717, 1.165) is 6.42 Å². The lowest BCUT2D eigenvalue weighted by Crippen LogP contribution is -2.55. The van der Waals surface area contributed by atoms with E-state index < -0.39 is 27.9 Å². The number of fused-ring (bicyclic) bond motifs is 2. The van der Waals surface area contributed by atoms with E-state index >= 15 is 0 Å². The molecule has 1 saturated carbocycles. The highest BCUT2D eigenvalue weighted by Gasteiger charge is 2.55. The van der Waals surface area contributed by atoms with Crippen molar-refractivity contribution in [2.75, 3.05) is 7.11 Å². The largest absolute Gasteiger partial charge is 0.373 e. The number of hydrogen-bond acceptors (Lipinski definition) is 3. The van der Waals surface area contributed by atoms with Crippen LogP contribution < -0.4 is 0 Å². The summed E-state index contributed by atoms with van der Waals surface area (Å²) in [6.45, 7) is 0. The summed E-state index contributed by atoms with van der Waals surface area (Å²) in [7, 11) is 1.53. The number of carbonyl (C=O) groups is 2. The molecule has 0 radical (unpaired) electrons. The van der Waals surface area contributed by atoms with Crippen molar-refractivity contribution in [1.82, 2.24) is 0 Å². The third-order valence-corrected chi connectivity index (χ3v) is 4.21. The van der Waals surface area contributed by atoms with Gasteiger partial charge in [0.2, 0.25) is 10.5 Å². The van der Waals surface area contributed by atoms with E-state index in [0.29, 0.717) is 6.42 Å². The van der Waals surface area contributed by atoms with E-state index in [-0.39, 0.29) is 5.92 Å². The summed E-state index contributed by atoms with van der Waals surface area (Å²) in [4.78, 5) is 22.9. The molecule has 0 aromatic carbocycles. The number of halogens is 2. The molecule has 0 aromatic heterocycles. The topological polar surface area (TPSA) is 43.4 Å². The molecule has 0 spiro atoms. The van der Waals surface area contributed by atoms with E-state index in [2.05, 4.69) is 0 Å². The lowest BCUT2D eigenvalue weighted by Gasteiger charge is -2.49. The van der Waals surface area contributed by atoms with Gasteiger partial charge in [-0.1, -0.05) is 12.2 Å². The second kappa shape index (κ2) is 4.13. The van der Waals surface area contributed by atoms with Gasteiger partial charge in [0.15, 0.2) is 0 Å². The molecule has 0 unspecified atom stereocenters. The molecule has 88 valence electrons. The summed E-state index contributed by atoms with van der Waals surface area (Å²) >= 11 is 11.2. The predicted octanol–water partition coefficient (Wildman–Crippen LogP) is 2.11. The third-order valence-electron chi connectivity index (χ3n) is 3.73. The van der Waals surface area contributed by atoms with Crippen molar-refractivity contribution in [3.8, 4) is 0 Å². The van der Waals surface area contributed by atoms with Gasteiger partial charge in [0.1, 0.15) is 0 Å². The van der Waals surface area contributed by atoms with E-state index in [1.807, 2.05) is 12.2 Å². The van der Waals surface area contributed by atoms with Crippen LogP contribution in [0.5, 0.6) is 0 Å². The van der Waals surface area contributed by atoms with Gasteiger partial charge in [-0.25, -0.2) is 0 Å². The standard InChI is InChI=1S/C11H12Cl2O3/c1-16-11-4-2-6(3-5-11)7(9(12)14)8(11)10(13)15/h2,4,6-8H,3,5H2,1H3/t6-,7-,8-,11-/m1/s1. The molecule has 16 heavy (non-hydrogen) atoms. The third kappa shape index (κ3) is 1.62. The maximum atomic E-state index is 11.5. The molecule has 0 aromatic rings. The van der Waals surface area contributed by atoms with Gasteiger partial charge in [-0.05, 0) is 42.0 Å². The molecular weight excluding hydrogens is 251 g/mol. The zero-order valence-corrected chi connectivity index (χ0v) is 10.3. The first-order valence-electron chi connectivity index (χ1n) is 5.15. The summed E-state index contributed by atoms with van der Waals surface area (Å²) in [5.74, 6) is -1.20. The Morgan fingerprint density at radius 3 is 2.44 bits per heavy atom. The molecule has 0 aliphatic heterocycles. The fourth-order valence-corrected chi connectivity index (χ4v) is 3.51. The van der Waals surface area contributed by atoms with Gasteiger partial charge in [-0.2, -0.15) is 0 Å². The van der Waals surface area contributed by atoms with Gasteiger partial charge in [-0.3, -0.25) is 9.59 Å². The second-order valence-electron chi connectivity index (χ2n) is 4.33. The fraction of sp³-hybridized carbons (Fsp3) is 0.636. The SMILES string of the molecule is CO[C@]12C=C[C@H](CC1)[C@@H](C(=O)Cl)[C@@H]2C(=O)Cl. The Balaban J connectivity index is 2.46. The van der Waals surface area contributed by atoms with Crippen molar-refractivity contribution >= 4 is 33.7 Å². The summed E-state index contributed by atoms with van der Waals surface area (Å²) < 4.78 is 5.42. The highest BCUT2D eigenvalue weighted by molar-refractivity contribution is 6.67. The maximum absolute atomic E-state index is 11.5. The molecule has 0 heterocycles. The molecule has 1 fully saturated rings. The normalized spacial score (nSPS) is 41.1. The van der Waals surface area contributed by atoms with Crippen molar-refractivity contribution in [3.05, 3.63) is 12.2 Å². The molecule has 3 nitrogen and oxygen atoms in total. The lowest BCUT2D eigenvalue weighted by molar-refractivity contribution is -0.145. The van der Waals surface area contributed by atoms with Crippen LogP contribution in [0.25, 0.3) is 0 Å². The average molecular weight is 263 g/mol. The highest BCUT2D eigenvalue weighted by Crippen LogP contribution is 2.50. The number of carbonyl (C=O) groups excluding carboxylic acids is 2. The number of methoxy groups -OCH3 is 1. The van der Waals surface area contributed by atoms with Crippen LogP contribution in [-0.4, -0.2) is 23.2 Å². The van der Waals surface area contributed by atoms with Crippen LogP contribution in [0.4, 0.5) is 0 Å². The summed E-state index contributed by atoms with van der Waals surface area (Å²) in [6.07, 6.45) is 5.26. The zero-order valence-electron chi connectivity index (χ0n) is 8.78. The van der Waals surface area contributed by atoms with Gasteiger partial charge in [0.05, 0.1) is 17.4 Å². The molecule has 0 saturated heterocycles. The van der Waals surface area contributed by atoms with E-state index in [9.17, 15) is 9.59 Å². The Morgan fingerprint density at radius 2 is 2.06 bits per heavy atom. The van der Waals surface area contributed by atoms with Gasteiger partial charge < -0.3 is 4.74 Å². The Bertz CT molecular complexity index is 366. The van der Waals surface area contributed by atoms with E-state index in [1.165, 1.54) is 7.11 Å². The Morgan fingerprint density at radius 1 is 1.38 bits per heavy atom. The molecule has 0 amide bonds. The highest BCUT2D eigenvalue weighted by atomic mass is 35.5. The first-order chi connectivity index (χ1) is 7.52. The van der Waals surface area contributed by atoms with Gasteiger partial charge >= 0.3 is 0 Å². The molecule has 0 N–H and O–H groups in total. The number of rotatable bonds is 3. The molecule has 3 aliphatic rings. The summed E-state index contributed by atoms with van der Waals surface area (Å²) in [6, 6.07) is 0. The minimum absolute atomic E-state index is 0.00900. The zero-order chi connectivity index (χ0) is 11.9. The van der Waals surface area contributed by atoms with Crippen LogP contribution in [0, 0.1) is 17.8 Å². The van der Waals surface area contributed by atoms with Crippen molar-refractivity contribution in [2.45, 2.75) is 18.4 Å².